The van der Waals surface area contributed by atoms with Gasteiger partial charge in [0.25, 0.3) is 0 Å². The zero-order chi connectivity index (χ0) is 17.2. The summed E-state index contributed by atoms with van der Waals surface area (Å²) in [7, 11) is 0. The van der Waals surface area contributed by atoms with Gasteiger partial charge in [0.1, 0.15) is 11.6 Å². The second-order valence-corrected chi connectivity index (χ2v) is 8.32. The van der Waals surface area contributed by atoms with Gasteiger partial charge in [0.05, 0.1) is 0 Å². The molecule has 5 nitrogen and oxygen atoms in total. The molecule has 0 atom stereocenters. The molecule has 2 aliphatic rings. The number of nitrogens with one attached hydrogen (secondary N) is 1. The van der Waals surface area contributed by atoms with Gasteiger partial charge in [0.2, 0.25) is 5.91 Å². The number of hydrogen-bond acceptors (Lipinski definition) is 4. The van der Waals surface area contributed by atoms with Crippen molar-refractivity contribution >= 4 is 11.7 Å². The van der Waals surface area contributed by atoms with Crippen LogP contribution in [0.15, 0.2) is 12.3 Å². The van der Waals surface area contributed by atoms with Gasteiger partial charge in [-0.15, -0.1) is 0 Å². The molecule has 1 N–H and O–H groups in total. The van der Waals surface area contributed by atoms with E-state index >= 15 is 0 Å². The fraction of sp³-hybridized carbons (Fsp3) is 0.737. The topological polar surface area (TPSA) is 58.1 Å². The van der Waals surface area contributed by atoms with Crippen LogP contribution in [0.25, 0.3) is 0 Å². The monoisotopic (exact) mass is 330 g/mol. The fourth-order valence-electron chi connectivity index (χ4n) is 3.35. The van der Waals surface area contributed by atoms with Crippen LogP contribution in [-0.4, -0.2) is 35.0 Å². The minimum Gasteiger partial charge on any atom is -0.356 e. The molecule has 132 valence electrons. The lowest BCUT2D eigenvalue weighted by molar-refractivity contribution is -0.123. The number of carbonyl (C=O) groups excluding carboxylic acids is 1. The zero-order valence-corrected chi connectivity index (χ0v) is 15.2. The standard InChI is InChI=1S/C19H30N4O/c1-19(2,3)18-20-10-7-16(22-18)23-11-8-14(9-12-23)13-17(24)21-15-5-4-6-15/h7,10,14-15H,4-6,8-9,11-13H2,1-3H3,(H,21,24). The molecule has 1 aliphatic heterocycles. The lowest BCUT2D eigenvalue weighted by Gasteiger charge is -2.33. The van der Waals surface area contributed by atoms with E-state index in [1.165, 1.54) is 6.42 Å². The van der Waals surface area contributed by atoms with Gasteiger partial charge in [-0.1, -0.05) is 20.8 Å². The zero-order valence-electron chi connectivity index (χ0n) is 15.2. The van der Waals surface area contributed by atoms with E-state index < -0.39 is 0 Å². The number of carbonyl (C=O) groups is 1. The molecule has 1 aliphatic carbocycles. The van der Waals surface area contributed by atoms with E-state index in [1.807, 2.05) is 12.3 Å². The van der Waals surface area contributed by atoms with Crippen LogP contribution in [0.1, 0.15) is 65.1 Å². The lowest BCUT2D eigenvalue weighted by atomic mass is 9.90. The highest BCUT2D eigenvalue weighted by molar-refractivity contribution is 5.76. The summed E-state index contributed by atoms with van der Waals surface area (Å²) in [5, 5.41) is 3.16. The average molecular weight is 330 g/mol. The Labute approximate surface area is 145 Å². The van der Waals surface area contributed by atoms with Crippen molar-refractivity contribution in [1.82, 2.24) is 15.3 Å². The van der Waals surface area contributed by atoms with Crippen LogP contribution >= 0.6 is 0 Å². The lowest BCUT2D eigenvalue weighted by Crippen LogP contribution is -2.41. The minimum absolute atomic E-state index is 0.0338. The van der Waals surface area contributed by atoms with E-state index in [1.54, 1.807) is 0 Å². The molecule has 0 aromatic carbocycles. The highest BCUT2D eigenvalue weighted by atomic mass is 16.1. The Kier molecular flexibility index (Phi) is 5.07. The van der Waals surface area contributed by atoms with Gasteiger partial charge >= 0.3 is 0 Å². The summed E-state index contributed by atoms with van der Waals surface area (Å²) in [5.74, 6) is 2.66. The second kappa shape index (κ2) is 7.08. The Morgan fingerprint density at radius 2 is 1.96 bits per heavy atom. The predicted molar refractivity (Wildman–Crippen MR) is 96.1 cm³/mol. The smallest absolute Gasteiger partial charge is 0.220 e. The summed E-state index contributed by atoms with van der Waals surface area (Å²) in [6, 6.07) is 2.45. The van der Waals surface area contributed by atoms with Gasteiger partial charge in [-0.05, 0) is 44.1 Å². The number of nitrogens with zero attached hydrogens (tertiary/aromatic N) is 3. The van der Waals surface area contributed by atoms with E-state index in [2.05, 4.69) is 36.0 Å². The van der Waals surface area contributed by atoms with Crippen LogP contribution in [-0.2, 0) is 10.2 Å². The van der Waals surface area contributed by atoms with Gasteiger partial charge in [0, 0.05) is 37.2 Å². The van der Waals surface area contributed by atoms with E-state index in [9.17, 15) is 4.79 Å². The Morgan fingerprint density at radius 1 is 1.25 bits per heavy atom. The van der Waals surface area contributed by atoms with Crippen LogP contribution in [0.5, 0.6) is 0 Å². The van der Waals surface area contributed by atoms with Crippen molar-refractivity contribution in [3.05, 3.63) is 18.1 Å². The highest BCUT2D eigenvalue weighted by Gasteiger charge is 2.25. The molecule has 1 aromatic rings. The third-order valence-corrected chi connectivity index (χ3v) is 5.19. The summed E-state index contributed by atoms with van der Waals surface area (Å²) in [6.45, 7) is 8.36. The Hall–Kier alpha value is -1.65. The summed E-state index contributed by atoms with van der Waals surface area (Å²) < 4.78 is 0. The summed E-state index contributed by atoms with van der Waals surface area (Å²) in [5.41, 5.74) is -0.0338. The first-order valence-electron chi connectivity index (χ1n) is 9.29. The Balaban J connectivity index is 1.50. The van der Waals surface area contributed by atoms with Crippen molar-refractivity contribution in [3.63, 3.8) is 0 Å². The highest BCUT2D eigenvalue weighted by Crippen LogP contribution is 2.26. The third kappa shape index (κ3) is 4.25. The molecule has 3 rings (SSSR count). The first-order chi connectivity index (χ1) is 11.4. The average Bonchev–Trinajstić information content (AvgIpc) is 2.51. The summed E-state index contributed by atoms with van der Waals surface area (Å²) in [6.07, 6.45) is 8.25. The number of amides is 1. The van der Waals surface area contributed by atoms with Crippen LogP contribution in [0, 0.1) is 5.92 Å². The minimum atomic E-state index is -0.0338. The van der Waals surface area contributed by atoms with E-state index in [4.69, 9.17) is 4.98 Å². The van der Waals surface area contributed by atoms with Crippen molar-refractivity contribution in [2.75, 3.05) is 18.0 Å². The molecule has 1 amide bonds. The quantitative estimate of drug-likeness (QED) is 0.922. The van der Waals surface area contributed by atoms with Crippen molar-refractivity contribution in [3.8, 4) is 0 Å². The molecule has 1 saturated heterocycles. The third-order valence-electron chi connectivity index (χ3n) is 5.19. The summed E-state index contributed by atoms with van der Waals surface area (Å²) in [4.78, 5) is 23.6. The molecular weight excluding hydrogens is 300 g/mol. The van der Waals surface area contributed by atoms with Gasteiger partial charge in [-0.3, -0.25) is 4.79 Å². The van der Waals surface area contributed by atoms with Crippen molar-refractivity contribution in [2.45, 2.75) is 70.8 Å². The van der Waals surface area contributed by atoms with Crippen molar-refractivity contribution < 1.29 is 4.79 Å². The van der Waals surface area contributed by atoms with Crippen LogP contribution < -0.4 is 10.2 Å². The fourth-order valence-corrected chi connectivity index (χ4v) is 3.35. The number of anilines is 1. The van der Waals surface area contributed by atoms with Gasteiger partial charge < -0.3 is 10.2 Å². The summed E-state index contributed by atoms with van der Waals surface area (Å²) >= 11 is 0. The Bertz CT molecular complexity index is 569. The molecule has 1 aromatic heterocycles. The largest absolute Gasteiger partial charge is 0.356 e. The maximum absolute atomic E-state index is 12.1. The molecule has 24 heavy (non-hydrogen) atoms. The van der Waals surface area contributed by atoms with Gasteiger partial charge in [0.15, 0.2) is 0 Å². The van der Waals surface area contributed by atoms with E-state index in [-0.39, 0.29) is 11.3 Å². The molecule has 0 spiro atoms. The van der Waals surface area contributed by atoms with Crippen molar-refractivity contribution in [1.29, 1.82) is 0 Å². The first kappa shape index (κ1) is 17.2. The number of piperidine rings is 1. The predicted octanol–water partition coefficient (Wildman–Crippen LogP) is 3.05. The molecule has 1 saturated carbocycles. The maximum Gasteiger partial charge on any atom is 0.220 e. The molecule has 0 bridgehead atoms. The molecule has 2 heterocycles. The van der Waals surface area contributed by atoms with E-state index in [0.717, 1.165) is 50.4 Å². The van der Waals surface area contributed by atoms with Crippen LogP contribution in [0.2, 0.25) is 0 Å². The van der Waals surface area contributed by atoms with Crippen molar-refractivity contribution in [2.24, 2.45) is 5.92 Å². The van der Waals surface area contributed by atoms with Gasteiger partial charge in [-0.2, -0.15) is 0 Å². The molecule has 2 fully saturated rings. The van der Waals surface area contributed by atoms with Crippen LogP contribution in [0.4, 0.5) is 5.82 Å². The molecule has 5 heteroatoms. The van der Waals surface area contributed by atoms with E-state index in [0.29, 0.717) is 18.4 Å². The first-order valence-corrected chi connectivity index (χ1v) is 9.29. The molecule has 0 radical (unpaired) electrons. The Morgan fingerprint density at radius 3 is 2.54 bits per heavy atom. The van der Waals surface area contributed by atoms with Gasteiger partial charge in [-0.25, -0.2) is 9.97 Å². The molecular formula is C19H30N4O. The molecule has 0 unspecified atom stereocenters. The maximum atomic E-state index is 12.1. The normalized spacial score (nSPS) is 19.9. The number of rotatable bonds is 4. The SMILES string of the molecule is CC(C)(C)c1nccc(N2CCC(CC(=O)NC3CCC3)CC2)n1. The number of hydrogen-bond donors (Lipinski definition) is 1. The second-order valence-electron chi connectivity index (χ2n) is 8.32. The number of aromatic nitrogens is 2. The van der Waals surface area contributed by atoms with Crippen LogP contribution in [0.3, 0.4) is 0 Å².